The van der Waals surface area contributed by atoms with Crippen molar-refractivity contribution in [3.05, 3.63) is 29.8 Å². The molecule has 18 heavy (non-hydrogen) atoms. The Morgan fingerprint density at radius 1 is 1.44 bits per heavy atom. The second kappa shape index (κ2) is 6.64. The largest absolute Gasteiger partial charge is 0.493 e. The zero-order chi connectivity index (χ0) is 13.5. The molecule has 0 fully saturated rings. The normalized spacial score (nSPS) is 11.7. The molecule has 98 valence electrons. The molecule has 1 amide bonds. The molecule has 0 unspecified atom stereocenters. The van der Waals surface area contributed by atoms with Crippen molar-refractivity contribution in [3.63, 3.8) is 0 Å². The molecule has 1 aromatic carbocycles. The lowest BCUT2D eigenvalue weighted by molar-refractivity contribution is -0.141. The van der Waals surface area contributed by atoms with Gasteiger partial charge in [0, 0.05) is 0 Å². The monoisotopic (exact) mass is 251 g/mol. The Hall–Kier alpha value is -2.04. The Bertz CT molecular complexity index is 431. The number of rotatable bonds is 6. The van der Waals surface area contributed by atoms with E-state index in [4.69, 9.17) is 9.84 Å². The minimum absolute atomic E-state index is 0.131. The summed E-state index contributed by atoms with van der Waals surface area (Å²) in [5.74, 6) is -0.686. The maximum Gasteiger partial charge on any atom is 0.325 e. The highest BCUT2D eigenvalue weighted by atomic mass is 16.5. The van der Waals surface area contributed by atoms with Crippen LogP contribution < -0.4 is 10.1 Å². The predicted molar refractivity (Wildman–Crippen MR) is 66.5 cm³/mol. The first-order valence-electron chi connectivity index (χ1n) is 5.70. The van der Waals surface area contributed by atoms with E-state index in [0.29, 0.717) is 5.75 Å². The highest BCUT2D eigenvalue weighted by molar-refractivity contribution is 5.83. The van der Waals surface area contributed by atoms with Gasteiger partial charge in [-0.05, 0) is 31.5 Å². The number of aliphatic carboxylic acids is 1. The number of hydrogen-bond acceptors (Lipinski definition) is 3. The van der Waals surface area contributed by atoms with Gasteiger partial charge in [0.05, 0.1) is 13.0 Å². The van der Waals surface area contributed by atoms with Gasteiger partial charge >= 0.3 is 5.97 Å². The standard InChI is InChI=1S/C13H17NO4/c1-9-4-3-5-11(8-9)18-7-6-12(15)14-10(2)13(16)17/h3-5,8,10H,6-7H2,1-2H3,(H,14,15)(H,16,17)/t10-/m0/s1. The molecule has 0 saturated heterocycles. The van der Waals surface area contributed by atoms with Crippen molar-refractivity contribution in [2.24, 2.45) is 0 Å². The van der Waals surface area contributed by atoms with Crippen molar-refractivity contribution in [1.82, 2.24) is 5.32 Å². The summed E-state index contributed by atoms with van der Waals surface area (Å²) in [5, 5.41) is 11.0. The molecule has 0 spiro atoms. The van der Waals surface area contributed by atoms with Crippen LogP contribution in [0, 0.1) is 6.92 Å². The number of ether oxygens (including phenoxy) is 1. The summed E-state index contributed by atoms with van der Waals surface area (Å²) >= 11 is 0. The zero-order valence-corrected chi connectivity index (χ0v) is 10.5. The van der Waals surface area contributed by atoms with Crippen LogP contribution >= 0.6 is 0 Å². The van der Waals surface area contributed by atoms with Gasteiger partial charge in [-0.2, -0.15) is 0 Å². The van der Waals surface area contributed by atoms with Crippen LogP contribution in [-0.2, 0) is 9.59 Å². The first-order valence-corrected chi connectivity index (χ1v) is 5.70. The van der Waals surface area contributed by atoms with E-state index in [-0.39, 0.29) is 18.9 Å². The first kappa shape index (κ1) is 14.0. The lowest BCUT2D eigenvalue weighted by atomic mass is 10.2. The smallest absolute Gasteiger partial charge is 0.325 e. The predicted octanol–water partition coefficient (Wildman–Crippen LogP) is 1.35. The SMILES string of the molecule is Cc1cccc(OCCC(=O)N[C@@H](C)C(=O)O)c1. The number of nitrogens with one attached hydrogen (secondary N) is 1. The number of benzene rings is 1. The molecule has 0 aromatic heterocycles. The van der Waals surface area contributed by atoms with Crippen LogP contribution in [-0.4, -0.2) is 29.6 Å². The van der Waals surface area contributed by atoms with Gasteiger partial charge in [0.25, 0.3) is 0 Å². The number of amides is 1. The van der Waals surface area contributed by atoms with Crippen molar-refractivity contribution >= 4 is 11.9 Å². The van der Waals surface area contributed by atoms with Gasteiger partial charge in [0.15, 0.2) is 0 Å². The van der Waals surface area contributed by atoms with Gasteiger partial charge in [-0.15, -0.1) is 0 Å². The molecule has 5 heteroatoms. The molecule has 1 atom stereocenters. The lowest BCUT2D eigenvalue weighted by Gasteiger charge is -2.10. The number of hydrogen-bond donors (Lipinski definition) is 2. The quantitative estimate of drug-likeness (QED) is 0.800. The number of carboxylic acids is 1. The second-order valence-corrected chi connectivity index (χ2v) is 4.04. The maximum atomic E-state index is 11.4. The molecule has 5 nitrogen and oxygen atoms in total. The average Bonchev–Trinajstić information content (AvgIpc) is 2.28. The van der Waals surface area contributed by atoms with Crippen molar-refractivity contribution < 1.29 is 19.4 Å². The fraction of sp³-hybridized carbons (Fsp3) is 0.385. The molecule has 0 bridgehead atoms. The number of carboxylic acid groups (broad SMARTS) is 1. The average molecular weight is 251 g/mol. The summed E-state index contributed by atoms with van der Waals surface area (Å²) in [4.78, 5) is 21.9. The van der Waals surface area contributed by atoms with E-state index >= 15 is 0 Å². The molecule has 0 heterocycles. The number of carbonyl (C=O) groups is 2. The van der Waals surface area contributed by atoms with E-state index in [9.17, 15) is 9.59 Å². The van der Waals surface area contributed by atoms with Crippen molar-refractivity contribution in [3.8, 4) is 5.75 Å². The third-order valence-corrected chi connectivity index (χ3v) is 2.34. The maximum absolute atomic E-state index is 11.4. The van der Waals surface area contributed by atoms with Crippen LogP contribution in [0.5, 0.6) is 5.75 Å². The summed E-state index contributed by atoms with van der Waals surface area (Å²) in [6.07, 6.45) is 0.131. The van der Waals surface area contributed by atoms with Gasteiger partial charge in [-0.1, -0.05) is 12.1 Å². The fourth-order valence-electron chi connectivity index (χ4n) is 1.34. The Morgan fingerprint density at radius 3 is 2.78 bits per heavy atom. The lowest BCUT2D eigenvalue weighted by Crippen LogP contribution is -2.38. The van der Waals surface area contributed by atoms with Gasteiger partial charge < -0.3 is 15.2 Å². The summed E-state index contributed by atoms with van der Waals surface area (Å²) in [7, 11) is 0. The van der Waals surface area contributed by atoms with E-state index in [1.807, 2.05) is 31.2 Å². The van der Waals surface area contributed by atoms with Crippen LogP contribution in [0.2, 0.25) is 0 Å². The molecule has 0 radical (unpaired) electrons. The highest BCUT2D eigenvalue weighted by Gasteiger charge is 2.13. The van der Waals surface area contributed by atoms with Gasteiger partial charge in [-0.25, -0.2) is 0 Å². The van der Waals surface area contributed by atoms with E-state index in [0.717, 1.165) is 5.56 Å². The van der Waals surface area contributed by atoms with Crippen LogP contribution in [0.1, 0.15) is 18.9 Å². The van der Waals surface area contributed by atoms with E-state index in [1.54, 1.807) is 0 Å². The number of aryl methyl sites for hydroxylation is 1. The summed E-state index contributed by atoms with van der Waals surface area (Å²) in [6.45, 7) is 3.59. The number of carbonyl (C=O) groups excluding carboxylic acids is 1. The Morgan fingerprint density at radius 2 is 2.17 bits per heavy atom. The molecule has 1 rings (SSSR count). The highest BCUT2D eigenvalue weighted by Crippen LogP contribution is 2.12. The van der Waals surface area contributed by atoms with Crippen LogP contribution in [0.3, 0.4) is 0 Å². The Kier molecular flexibility index (Phi) is 5.17. The molecular formula is C13H17NO4. The summed E-state index contributed by atoms with van der Waals surface area (Å²) < 4.78 is 5.39. The van der Waals surface area contributed by atoms with Gasteiger partial charge in [0.2, 0.25) is 5.91 Å². The van der Waals surface area contributed by atoms with Gasteiger partial charge in [0.1, 0.15) is 11.8 Å². The molecule has 1 aromatic rings. The molecule has 0 aliphatic carbocycles. The topological polar surface area (TPSA) is 75.6 Å². The summed E-state index contributed by atoms with van der Waals surface area (Å²) in [6, 6.07) is 6.63. The summed E-state index contributed by atoms with van der Waals surface area (Å²) in [5.41, 5.74) is 1.08. The minimum atomic E-state index is -1.05. The van der Waals surface area contributed by atoms with Crippen LogP contribution in [0.15, 0.2) is 24.3 Å². The molecular weight excluding hydrogens is 234 g/mol. The van der Waals surface area contributed by atoms with Crippen LogP contribution in [0.25, 0.3) is 0 Å². The fourth-order valence-corrected chi connectivity index (χ4v) is 1.34. The van der Waals surface area contributed by atoms with Crippen molar-refractivity contribution in [2.45, 2.75) is 26.3 Å². The second-order valence-electron chi connectivity index (χ2n) is 4.04. The molecule has 0 saturated carbocycles. The molecule has 2 N–H and O–H groups in total. The Balaban J connectivity index is 2.29. The zero-order valence-electron chi connectivity index (χ0n) is 10.5. The van der Waals surface area contributed by atoms with Gasteiger partial charge in [-0.3, -0.25) is 9.59 Å². The van der Waals surface area contributed by atoms with Crippen molar-refractivity contribution in [2.75, 3.05) is 6.61 Å². The van der Waals surface area contributed by atoms with Crippen molar-refractivity contribution in [1.29, 1.82) is 0 Å². The van der Waals surface area contributed by atoms with Crippen LogP contribution in [0.4, 0.5) is 0 Å². The molecule has 0 aliphatic rings. The first-order chi connectivity index (χ1) is 8.49. The Labute approximate surface area is 106 Å². The molecule has 0 aliphatic heterocycles. The third kappa shape index (κ3) is 4.86. The van der Waals surface area contributed by atoms with E-state index < -0.39 is 12.0 Å². The minimum Gasteiger partial charge on any atom is -0.493 e. The third-order valence-electron chi connectivity index (χ3n) is 2.34. The van der Waals surface area contributed by atoms with E-state index in [1.165, 1.54) is 6.92 Å². The van der Waals surface area contributed by atoms with E-state index in [2.05, 4.69) is 5.32 Å².